The van der Waals surface area contributed by atoms with Crippen LogP contribution in [0.25, 0.3) is 16.7 Å². The van der Waals surface area contributed by atoms with Crippen molar-refractivity contribution in [2.24, 2.45) is 0 Å². The van der Waals surface area contributed by atoms with Gasteiger partial charge in [-0.25, -0.2) is 4.68 Å². The van der Waals surface area contributed by atoms with Crippen molar-refractivity contribution in [1.82, 2.24) is 15.0 Å². The first kappa shape index (κ1) is 12.4. The lowest BCUT2D eigenvalue weighted by Crippen LogP contribution is -2.03. The van der Waals surface area contributed by atoms with Crippen LogP contribution in [0.2, 0.25) is 0 Å². The number of hydrogen-bond acceptors (Lipinski definition) is 3. The normalized spacial score (nSPS) is 10.7. The highest BCUT2D eigenvalue weighted by atomic mass is 16.5. The van der Waals surface area contributed by atoms with Crippen molar-refractivity contribution in [2.45, 2.75) is 6.92 Å². The van der Waals surface area contributed by atoms with Gasteiger partial charge >= 0.3 is 0 Å². The van der Waals surface area contributed by atoms with Crippen LogP contribution < -0.4 is 4.74 Å². The highest BCUT2D eigenvalue weighted by molar-refractivity contribution is 5.76. The van der Waals surface area contributed by atoms with Gasteiger partial charge in [-0.3, -0.25) is 0 Å². The molecule has 0 aliphatic carbocycles. The van der Waals surface area contributed by atoms with E-state index in [0.717, 1.165) is 28.0 Å². The lowest BCUT2D eigenvalue weighted by Gasteiger charge is -2.11. The van der Waals surface area contributed by atoms with Crippen LogP contribution in [0.1, 0.15) is 5.56 Å². The van der Waals surface area contributed by atoms with Gasteiger partial charge in [-0.1, -0.05) is 36.1 Å². The Balaban J connectivity index is 2.17. The van der Waals surface area contributed by atoms with Crippen molar-refractivity contribution < 1.29 is 4.74 Å². The molecule has 0 radical (unpaired) electrons. The Kier molecular flexibility index (Phi) is 3.21. The molecule has 3 rings (SSSR count). The third-order valence-corrected chi connectivity index (χ3v) is 3.05. The molecule has 3 aromatic rings. The Hall–Kier alpha value is -2.62. The maximum Gasteiger partial charge on any atom is 0.145 e. The van der Waals surface area contributed by atoms with Gasteiger partial charge in [0.15, 0.2) is 0 Å². The molecule has 0 saturated heterocycles. The van der Waals surface area contributed by atoms with E-state index in [1.165, 1.54) is 0 Å². The molecule has 0 aliphatic heterocycles. The van der Waals surface area contributed by atoms with Crippen molar-refractivity contribution in [3.63, 3.8) is 0 Å². The fourth-order valence-electron chi connectivity index (χ4n) is 2.11. The molecule has 100 valence electrons. The first-order chi connectivity index (χ1) is 9.79. The quantitative estimate of drug-likeness (QED) is 0.679. The molecule has 0 fully saturated rings. The van der Waals surface area contributed by atoms with Crippen LogP contribution in [0.3, 0.4) is 0 Å². The second kappa shape index (κ2) is 5.17. The summed E-state index contributed by atoms with van der Waals surface area (Å²) in [5.41, 5.74) is 3.86. The maximum atomic E-state index is 5.71. The summed E-state index contributed by atoms with van der Waals surface area (Å²) >= 11 is 0. The summed E-state index contributed by atoms with van der Waals surface area (Å²) in [6.45, 7) is 6.18. The zero-order valence-corrected chi connectivity index (χ0v) is 11.3. The Morgan fingerprint density at radius 3 is 2.95 bits per heavy atom. The van der Waals surface area contributed by atoms with Gasteiger partial charge in [-0.05, 0) is 36.8 Å². The summed E-state index contributed by atoms with van der Waals surface area (Å²) in [4.78, 5) is 0. The van der Waals surface area contributed by atoms with Crippen LogP contribution in [-0.4, -0.2) is 21.6 Å². The molecule has 1 heterocycles. The summed E-state index contributed by atoms with van der Waals surface area (Å²) in [6, 6.07) is 13.9. The lowest BCUT2D eigenvalue weighted by atomic mass is 10.2. The molecule has 0 amide bonds. The van der Waals surface area contributed by atoms with E-state index in [1.54, 1.807) is 10.8 Å². The van der Waals surface area contributed by atoms with E-state index in [4.69, 9.17) is 4.74 Å². The largest absolute Gasteiger partial charge is 0.487 e. The Morgan fingerprint density at radius 1 is 1.25 bits per heavy atom. The Bertz CT molecular complexity index is 761. The van der Waals surface area contributed by atoms with Crippen LogP contribution in [0.15, 0.2) is 55.1 Å². The molecule has 4 heteroatoms. The third kappa shape index (κ3) is 2.16. The van der Waals surface area contributed by atoms with Gasteiger partial charge in [0.2, 0.25) is 0 Å². The molecular formula is C16H15N3O. The first-order valence-electron chi connectivity index (χ1n) is 6.45. The summed E-state index contributed by atoms with van der Waals surface area (Å²) in [5, 5.41) is 8.42. The van der Waals surface area contributed by atoms with Crippen molar-refractivity contribution in [1.29, 1.82) is 0 Å². The number of para-hydroxylation sites is 1. The average molecular weight is 265 g/mol. The molecular weight excluding hydrogens is 250 g/mol. The summed E-state index contributed by atoms with van der Waals surface area (Å²) in [5.74, 6) is 0.770. The highest BCUT2D eigenvalue weighted by Gasteiger charge is 2.11. The van der Waals surface area contributed by atoms with E-state index >= 15 is 0 Å². The van der Waals surface area contributed by atoms with Crippen molar-refractivity contribution in [2.75, 3.05) is 6.61 Å². The molecule has 2 aromatic carbocycles. The van der Waals surface area contributed by atoms with Gasteiger partial charge in [0.25, 0.3) is 0 Å². The molecule has 4 nitrogen and oxygen atoms in total. The van der Waals surface area contributed by atoms with E-state index in [0.29, 0.717) is 6.61 Å². The van der Waals surface area contributed by atoms with E-state index in [9.17, 15) is 0 Å². The van der Waals surface area contributed by atoms with E-state index < -0.39 is 0 Å². The predicted molar refractivity (Wildman–Crippen MR) is 79.3 cm³/mol. The Labute approximate surface area is 117 Å². The number of fused-ring (bicyclic) bond motifs is 1. The summed E-state index contributed by atoms with van der Waals surface area (Å²) in [6.07, 6.45) is 1.73. The maximum absolute atomic E-state index is 5.71. The molecule has 0 spiro atoms. The fourth-order valence-corrected chi connectivity index (χ4v) is 2.11. The first-order valence-corrected chi connectivity index (χ1v) is 6.45. The molecule has 0 aliphatic rings. The van der Waals surface area contributed by atoms with Crippen LogP contribution >= 0.6 is 0 Å². The number of hydrogen-bond donors (Lipinski definition) is 0. The number of aryl methyl sites for hydroxylation is 1. The monoisotopic (exact) mass is 265 g/mol. The highest BCUT2D eigenvalue weighted by Crippen LogP contribution is 2.26. The summed E-state index contributed by atoms with van der Waals surface area (Å²) < 4.78 is 7.51. The van der Waals surface area contributed by atoms with Crippen LogP contribution in [-0.2, 0) is 0 Å². The second-order valence-corrected chi connectivity index (χ2v) is 4.56. The van der Waals surface area contributed by atoms with Gasteiger partial charge in [-0.15, -0.1) is 5.10 Å². The van der Waals surface area contributed by atoms with Crippen LogP contribution in [0, 0.1) is 6.92 Å². The van der Waals surface area contributed by atoms with Gasteiger partial charge in [-0.2, -0.15) is 0 Å². The lowest BCUT2D eigenvalue weighted by molar-refractivity contribution is 0.361. The SMILES string of the molecule is C=CCOc1ccc(C)cc1-n1nnc2ccccc21. The molecule has 0 N–H and O–H groups in total. The molecule has 0 atom stereocenters. The molecule has 1 aromatic heterocycles. The number of rotatable bonds is 4. The minimum Gasteiger partial charge on any atom is -0.487 e. The van der Waals surface area contributed by atoms with Crippen molar-refractivity contribution in [3.8, 4) is 11.4 Å². The Morgan fingerprint density at radius 2 is 2.10 bits per heavy atom. The van der Waals surface area contributed by atoms with Crippen LogP contribution in [0.5, 0.6) is 5.75 Å². The zero-order valence-electron chi connectivity index (χ0n) is 11.3. The minimum absolute atomic E-state index is 0.461. The predicted octanol–water partition coefficient (Wildman–Crippen LogP) is 3.29. The van der Waals surface area contributed by atoms with Gasteiger partial charge in [0.1, 0.15) is 23.6 Å². The summed E-state index contributed by atoms with van der Waals surface area (Å²) in [7, 11) is 0. The minimum atomic E-state index is 0.461. The van der Waals surface area contributed by atoms with E-state index in [2.05, 4.69) is 16.9 Å². The molecule has 0 unspecified atom stereocenters. The standard InChI is InChI=1S/C16H15N3O/c1-3-10-20-16-9-8-12(2)11-15(16)19-14-7-5-4-6-13(14)17-18-19/h3-9,11H,1,10H2,2H3. The molecule has 20 heavy (non-hydrogen) atoms. The second-order valence-electron chi connectivity index (χ2n) is 4.56. The van der Waals surface area contributed by atoms with E-state index in [1.807, 2.05) is 49.4 Å². The number of aromatic nitrogens is 3. The van der Waals surface area contributed by atoms with Gasteiger partial charge < -0.3 is 4.74 Å². The molecule has 0 saturated carbocycles. The third-order valence-electron chi connectivity index (χ3n) is 3.05. The van der Waals surface area contributed by atoms with E-state index in [-0.39, 0.29) is 0 Å². The topological polar surface area (TPSA) is 39.9 Å². The number of benzene rings is 2. The number of ether oxygens (including phenoxy) is 1. The van der Waals surface area contributed by atoms with Crippen molar-refractivity contribution >= 4 is 11.0 Å². The number of nitrogens with zero attached hydrogens (tertiary/aromatic N) is 3. The van der Waals surface area contributed by atoms with Crippen molar-refractivity contribution in [3.05, 3.63) is 60.7 Å². The molecule has 0 bridgehead atoms. The fraction of sp³-hybridized carbons (Fsp3) is 0.125. The van der Waals surface area contributed by atoms with Crippen LogP contribution in [0.4, 0.5) is 0 Å². The zero-order chi connectivity index (χ0) is 13.9. The average Bonchev–Trinajstić information content (AvgIpc) is 2.90. The van der Waals surface area contributed by atoms with Gasteiger partial charge in [0.05, 0.1) is 5.52 Å². The van der Waals surface area contributed by atoms with Gasteiger partial charge in [0, 0.05) is 0 Å². The smallest absolute Gasteiger partial charge is 0.145 e.